The van der Waals surface area contributed by atoms with Gasteiger partial charge in [0.25, 0.3) is 0 Å². The quantitative estimate of drug-likeness (QED) is 0.571. The maximum Gasteiger partial charge on any atom is 0.240 e. The molecule has 0 saturated heterocycles. The molecule has 1 amide bonds. The summed E-state index contributed by atoms with van der Waals surface area (Å²) in [5, 5.41) is 2.71. The minimum absolute atomic E-state index is 0.0310. The number of halogens is 1. The Morgan fingerprint density at radius 3 is 2.57 bits per heavy atom. The minimum atomic E-state index is -3.52. The molecule has 0 spiro atoms. The molecule has 1 aliphatic rings. The highest BCUT2D eigenvalue weighted by molar-refractivity contribution is 7.89. The molecule has 0 radical (unpaired) electrons. The summed E-state index contributed by atoms with van der Waals surface area (Å²) in [5.41, 5.74) is 0.803. The van der Waals surface area contributed by atoms with E-state index in [0.29, 0.717) is 22.9 Å². The second-order valence-corrected chi connectivity index (χ2v) is 8.78. The van der Waals surface area contributed by atoms with Crippen molar-refractivity contribution in [1.82, 2.24) is 9.71 Å². The third kappa shape index (κ3) is 4.92. The van der Waals surface area contributed by atoms with Crippen molar-refractivity contribution >= 4 is 21.6 Å². The van der Waals surface area contributed by atoms with Gasteiger partial charge in [-0.3, -0.25) is 4.79 Å². The number of sulfonamides is 1. The lowest BCUT2D eigenvalue weighted by Crippen LogP contribution is -2.25. The second-order valence-electron chi connectivity index (χ2n) is 7.07. The van der Waals surface area contributed by atoms with Crippen molar-refractivity contribution < 1.29 is 22.0 Å². The summed E-state index contributed by atoms with van der Waals surface area (Å²) >= 11 is 0. The van der Waals surface area contributed by atoms with Gasteiger partial charge in [-0.1, -0.05) is 12.1 Å². The summed E-state index contributed by atoms with van der Waals surface area (Å²) in [6.45, 7) is 0. The number of oxazole rings is 1. The van der Waals surface area contributed by atoms with Crippen LogP contribution in [0.15, 0.2) is 64.0 Å². The summed E-state index contributed by atoms with van der Waals surface area (Å²) in [6, 6.07) is 12.2. The molecular weight excluding hydrogens is 409 g/mol. The lowest BCUT2D eigenvalue weighted by molar-refractivity contribution is -0.116. The molecule has 0 bridgehead atoms. The van der Waals surface area contributed by atoms with Gasteiger partial charge in [-0.25, -0.2) is 22.5 Å². The first-order valence-corrected chi connectivity index (χ1v) is 11.0. The van der Waals surface area contributed by atoms with Gasteiger partial charge < -0.3 is 9.73 Å². The van der Waals surface area contributed by atoms with E-state index in [0.717, 1.165) is 12.8 Å². The average Bonchev–Trinajstić information content (AvgIpc) is 3.39. The molecule has 2 aromatic carbocycles. The van der Waals surface area contributed by atoms with Crippen molar-refractivity contribution in [3.05, 3.63) is 66.4 Å². The summed E-state index contributed by atoms with van der Waals surface area (Å²) < 4.78 is 46.3. The van der Waals surface area contributed by atoms with Gasteiger partial charge in [0, 0.05) is 24.6 Å². The molecule has 3 aromatic rings. The van der Waals surface area contributed by atoms with Gasteiger partial charge >= 0.3 is 0 Å². The predicted molar refractivity (Wildman–Crippen MR) is 109 cm³/mol. The van der Waals surface area contributed by atoms with Crippen LogP contribution >= 0.6 is 0 Å². The van der Waals surface area contributed by atoms with Crippen LogP contribution in [0, 0.1) is 5.82 Å². The first-order chi connectivity index (χ1) is 14.4. The molecule has 7 nitrogen and oxygen atoms in total. The third-order valence-corrected chi connectivity index (χ3v) is 6.14. The molecule has 1 aromatic heterocycles. The zero-order chi connectivity index (χ0) is 21.1. The van der Waals surface area contributed by atoms with Crippen molar-refractivity contribution in [3.8, 4) is 11.3 Å². The summed E-state index contributed by atoms with van der Waals surface area (Å²) in [4.78, 5) is 16.4. The highest BCUT2D eigenvalue weighted by atomic mass is 32.2. The average molecular weight is 429 g/mol. The number of aryl methyl sites for hydroxylation is 1. The Bertz CT molecular complexity index is 1160. The Hall–Kier alpha value is -3.04. The van der Waals surface area contributed by atoms with Crippen molar-refractivity contribution in [3.63, 3.8) is 0 Å². The van der Waals surface area contributed by atoms with Crippen LogP contribution in [0.25, 0.3) is 11.3 Å². The standard InChI is InChI=1S/C21H20FN3O4S/c22-18-4-2-1-3-17(18)19-13-23-21(29-19)12-11-20(26)24-14-7-9-16(10-8-14)30(27,28)25-15-5-6-15/h1-4,7-10,13,15,25H,5-6,11-12H2,(H,24,26). The maximum absolute atomic E-state index is 13.8. The van der Waals surface area contributed by atoms with Gasteiger partial charge in [-0.15, -0.1) is 0 Å². The van der Waals surface area contributed by atoms with Crippen LogP contribution in [0.2, 0.25) is 0 Å². The van der Waals surface area contributed by atoms with E-state index in [1.54, 1.807) is 30.3 Å². The van der Waals surface area contributed by atoms with Crippen molar-refractivity contribution in [2.75, 3.05) is 5.32 Å². The Morgan fingerprint density at radius 2 is 1.87 bits per heavy atom. The lowest BCUT2D eigenvalue weighted by atomic mass is 10.2. The van der Waals surface area contributed by atoms with E-state index in [1.807, 2.05) is 0 Å². The molecule has 30 heavy (non-hydrogen) atoms. The van der Waals surface area contributed by atoms with Gasteiger partial charge in [-0.2, -0.15) is 0 Å². The monoisotopic (exact) mass is 429 g/mol. The van der Waals surface area contributed by atoms with Crippen molar-refractivity contribution in [2.24, 2.45) is 0 Å². The van der Waals surface area contributed by atoms with Crippen LogP contribution in [-0.2, 0) is 21.2 Å². The number of anilines is 1. The molecule has 1 saturated carbocycles. The number of nitrogens with zero attached hydrogens (tertiary/aromatic N) is 1. The minimum Gasteiger partial charge on any atom is -0.441 e. The number of benzene rings is 2. The van der Waals surface area contributed by atoms with Gasteiger partial charge in [-0.05, 0) is 49.2 Å². The number of carbonyl (C=O) groups is 1. The molecule has 1 fully saturated rings. The smallest absolute Gasteiger partial charge is 0.240 e. The number of hydrogen-bond acceptors (Lipinski definition) is 5. The number of rotatable bonds is 8. The maximum atomic E-state index is 13.8. The Kier molecular flexibility index (Phi) is 5.65. The van der Waals surface area contributed by atoms with E-state index >= 15 is 0 Å². The van der Waals surface area contributed by atoms with E-state index in [1.165, 1.54) is 24.4 Å². The van der Waals surface area contributed by atoms with Gasteiger partial charge in [0.15, 0.2) is 11.7 Å². The van der Waals surface area contributed by atoms with E-state index < -0.39 is 15.8 Å². The fourth-order valence-electron chi connectivity index (χ4n) is 2.86. The fraction of sp³-hybridized carbons (Fsp3) is 0.238. The van der Waals surface area contributed by atoms with E-state index in [-0.39, 0.29) is 29.7 Å². The molecule has 9 heteroatoms. The van der Waals surface area contributed by atoms with Crippen LogP contribution in [0.3, 0.4) is 0 Å². The van der Waals surface area contributed by atoms with Crippen LogP contribution in [0.4, 0.5) is 10.1 Å². The van der Waals surface area contributed by atoms with Crippen LogP contribution < -0.4 is 10.0 Å². The molecule has 4 rings (SSSR count). The van der Waals surface area contributed by atoms with Crippen molar-refractivity contribution in [2.45, 2.75) is 36.6 Å². The van der Waals surface area contributed by atoms with Crippen LogP contribution in [0.1, 0.15) is 25.2 Å². The molecule has 0 unspecified atom stereocenters. The SMILES string of the molecule is O=C(CCc1ncc(-c2ccccc2F)o1)Nc1ccc(S(=O)(=O)NC2CC2)cc1. The molecule has 2 N–H and O–H groups in total. The summed E-state index contributed by atoms with van der Waals surface area (Å²) in [5.74, 6) is -0.0424. The fourth-order valence-corrected chi connectivity index (χ4v) is 4.17. The Balaban J connectivity index is 1.31. The number of amides is 1. The number of nitrogens with one attached hydrogen (secondary N) is 2. The molecule has 0 aliphatic heterocycles. The van der Waals surface area contributed by atoms with Gasteiger partial charge in [0.05, 0.1) is 16.7 Å². The number of carbonyl (C=O) groups excluding carboxylic acids is 1. The highest BCUT2D eigenvalue weighted by Crippen LogP contribution is 2.24. The van der Waals surface area contributed by atoms with Crippen molar-refractivity contribution in [1.29, 1.82) is 0 Å². The predicted octanol–water partition coefficient (Wildman–Crippen LogP) is 3.49. The topological polar surface area (TPSA) is 101 Å². The third-order valence-electron chi connectivity index (χ3n) is 4.61. The summed E-state index contributed by atoms with van der Waals surface area (Å²) in [7, 11) is -3.52. The summed E-state index contributed by atoms with van der Waals surface area (Å²) in [6.07, 6.45) is 3.51. The first kappa shape index (κ1) is 20.2. The lowest BCUT2D eigenvalue weighted by Gasteiger charge is -2.08. The first-order valence-electron chi connectivity index (χ1n) is 9.52. The molecule has 156 valence electrons. The second kappa shape index (κ2) is 8.37. The number of aromatic nitrogens is 1. The largest absolute Gasteiger partial charge is 0.441 e. The molecular formula is C21H20FN3O4S. The van der Waals surface area contributed by atoms with E-state index in [2.05, 4.69) is 15.0 Å². The molecule has 0 atom stereocenters. The number of hydrogen-bond donors (Lipinski definition) is 2. The zero-order valence-corrected chi connectivity index (χ0v) is 16.8. The molecule has 1 aliphatic carbocycles. The normalized spacial score (nSPS) is 13.9. The van der Waals surface area contributed by atoms with Crippen LogP contribution in [0.5, 0.6) is 0 Å². The zero-order valence-electron chi connectivity index (χ0n) is 16.0. The van der Waals surface area contributed by atoms with Gasteiger partial charge in [0.1, 0.15) is 5.82 Å². The van der Waals surface area contributed by atoms with E-state index in [9.17, 15) is 17.6 Å². The van der Waals surface area contributed by atoms with Crippen LogP contribution in [-0.4, -0.2) is 25.4 Å². The Labute approximate surface area is 173 Å². The van der Waals surface area contributed by atoms with E-state index in [4.69, 9.17) is 4.42 Å². The molecule has 1 heterocycles. The Morgan fingerprint density at radius 1 is 1.13 bits per heavy atom. The highest BCUT2D eigenvalue weighted by Gasteiger charge is 2.27. The van der Waals surface area contributed by atoms with Gasteiger partial charge in [0.2, 0.25) is 15.9 Å².